The van der Waals surface area contributed by atoms with E-state index in [1.807, 2.05) is 6.92 Å². The van der Waals surface area contributed by atoms with Crippen molar-refractivity contribution in [3.05, 3.63) is 58.1 Å². The summed E-state index contributed by atoms with van der Waals surface area (Å²) in [7, 11) is 0. The average molecular weight is 465 g/mol. The van der Waals surface area contributed by atoms with Crippen molar-refractivity contribution in [2.45, 2.75) is 26.3 Å². The normalized spacial score (nSPS) is 11.6. The zero-order chi connectivity index (χ0) is 22.8. The molecule has 31 heavy (non-hydrogen) atoms. The number of hydrogen-bond acceptors (Lipinski definition) is 5. The van der Waals surface area contributed by atoms with Gasteiger partial charge in [-0.2, -0.15) is 5.10 Å². The van der Waals surface area contributed by atoms with Crippen molar-refractivity contribution < 1.29 is 19.1 Å². The van der Waals surface area contributed by atoms with Crippen LogP contribution < -0.4 is 20.8 Å². The van der Waals surface area contributed by atoms with E-state index in [-0.39, 0.29) is 17.7 Å². The van der Waals surface area contributed by atoms with E-state index in [4.69, 9.17) is 27.9 Å². The molecule has 0 aliphatic heterocycles. The third-order valence-corrected chi connectivity index (χ3v) is 4.89. The van der Waals surface area contributed by atoms with Gasteiger partial charge in [-0.05, 0) is 37.6 Å². The van der Waals surface area contributed by atoms with Gasteiger partial charge in [-0.1, -0.05) is 48.3 Å². The lowest BCUT2D eigenvalue weighted by Gasteiger charge is -2.11. The predicted octanol–water partition coefficient (Wildman–Crippen LogP) is 3.38. The Morgan fingerprint density at radius 3 is 2.58 bits per heavy atom. The molecule has 0 bridgehead atoms. The summed E-state index contributed by atoms with van der Waals surface area (Å²) in [6.07, 6.45) is 2.01. The molecule has 0 fully saturated rings. The fourth-order valence-corrected chi connectivity index (χ4v) is 2.60. The van der Waals surface area contributed by atoms with Gasteiger partial charge in [-0.15, -0.1) is 0 Å². The van der Waals surface area contributed by atoms with E-state index in [2.05, 4.69) is 21.2 Å². The van der Waals surface area contributed by atoms with Gasteiger partial charge < -0.3 is 15.4 Å². The van der Waals surface area contributed by atoms with E-state index in [0.29, 0.717) is 28.4 Å². The van der Waals surface area contributed by atoms with Gasteiger partial charge >= 0.3 is 11.8 Å². The largest absolute Gasteiger partial charge is 0.483 e. The van der Waals surface area contributed by atoms with Crippen LogP contribution in [0.1, 0.15) is 25.8 Å². The number of para-hydroxylation sites is 1. The molecule has 0 spiro atoms. The minimum atomic E-state index is -0.882. The molecular weight excluding hydrogens is 443 g/mol. The van der Waals surface area contributed by atoms with Gasteiger partial charge in [0.1, 0.15) is 5.75 Å². The highest BCUT2D eigenvalue weighted by Crippen LogP contribution is 2.29. The number of halogens is 2. The van der Waals surface area contributed by atoms with E-state index in [1.165, 1.54) is 6.21 Å². The highest BCUT2D eigenvalue weighted by atomic mass is 35.5. The predicted molar refractivity (Wildman–Crippen MR) is 121 cm³/mol. The van der Waals surface area contributed by atoms with E-state index < -0.39 is 17.7 Å². The van der Waals surface area contributed by atoms with E-state index in [1.54, 1.807) is 49.4 Å². The van der Waals surface area contributed by atoms with Crippen molar-refractivity contribution in [3.63, 3.8) is 0 Å². The van der Waals surface area contributed by atoms with Crippen LogP contribution in [0.3, 0.4) is 0 Å². The molecule has 1 atom stereocenters. The molecule has 10 heteroatoms. The van der Waals surface area contributed by atoms with Gasteiger partial charge in [0.15, 0.2) is 6.61 Å². The Balaban J connectivity index is 1.93. The Bertz CT molecular complexity index is 982. The Hall–Kier alpha value is -3.10. The molecule has 2 aromatic rings. The van der Waals surface area contributed by atoms with Crippen LogP contribution in [0.2, 0.25) is 10.0 Å². The molecule has 0 aromatic heterocycles. The summed E-state index contributed by atoms with van der Waals surface area (Å²) in [5.41, 5.74) is 3.02. The maximum atomic E-state index is 12.2. The fourth-order valence-electron chi connectivity index (χ4n) is 2.25. The third kappa shape index (κ3) is 7.58. The van der Waals surface area contributed by atoms with Gasteiger partial charge in [0.2, 0.25) is 0 Å². The van der Waals surface area contributed by atoms with Crippen LogP contribution in [-0.2, 0) is 14.4 Å². The van der Waals surface area contributed by atoms with Gasteiger partial charge in [-0.25, -0.2) is 5.43 Å². The summed E-state index contributed by atoms with van der Waals surface area (Å²) in [4.78, 5) is 35.7. The lowest BCUT2D eigenvalue weighted by molar-refractivity contribution is -0.139. The van der Waals surface area contributed by atoms with Crippen molar-refractivity contribution in [1.82, 2.24) is 10.7 Å². The van der Waals surface area contributed by atoms with Crippen molar-refractivity contribution >= 4 is 52.8 Å². The maximum absolute atomic E-state index is 12.2. The second-order valence-corrected chi connectivity index (χ2v) is 7.24. The molecule has 0 saturated heterocycles. The Labute approximate surface area is 189 Å². The summed E-state index contributed by atoms with van der Waals surface area (Å²) in [5, 5.41) is 9.48. The molecule has 2 rings (SSSR count). The topological polar surface area (TPSA) is 109 Å². The number of nitrogens with one attached hydrogen (secondary N) is 3. The molecule has 0 unspecified atom stereocenters. The minimum Gasteiger partial charge on any atom is -0.483 e. The number of anilines is 1. The molecule has 3 amide bonds. The molecule has 0 aliphatic rings. The summed E-state index contributed by atoms with van der Waals surface area (Å²) < 4.78 is 5.54. The molecular formula is C21H22Cl2N4O4. The van der Waals surface area contributed by atoms with Crippen LogP contribution in [0.15, 0.2) is 47.6 Å². The summed E-state index contributed by atoms with van der Waals surface area (Å²) in [6.45, 7) is 3.39. The number of hydrogen-bond donors (Lipinski definition) is 3. The first kappa shape index (κ1) is 24.2. The van der Waals surface area contributed by atoms with Crippen molar-refractivity contribution in [2.24, 2.45) is 5.10 Å². The number of carbonyl (C=O) groups is 3. The second-order valence-electron chi connectivity index (χ2n) is 6.46. The monoisotopic (exact) mass is 464 g/mol. The Morgan fingerprint density at radius 1 is 1.10 bits per heavy atom. The first-order valence-electron chi connectivity index (χ1n) is 9.41. The molecule has 8 nitrogen and oxygen atoms in total. The van der Waals surface area contributed by atoms with Gasteiger partial charge in [0.25, 0.3) is 5.91 Å². The number of nitrogens with zero attached hydrogens (tertiary/aromatic N) is 1. The van der Waals surface area contributed by atoms with Crippen LogP contribution in [0.4, 0.5) is 5.69 Å². The summed E-state index contributed by atoms with van der Waals surface area (Å²) >= 11 is 12.0. The molecule has 0 aliphatic carbocycles. The lowest BCUT2D eigenvalue weighted by atomic mass is 10.2. The number of carbonyl (C=O) groups excluding carboxylic acids is 3. The smallest absolute Gasteiger partial charge is 0.329 e. The van der Waals surface area contributed by atoms with Crippen molar-refractivity contribution in [1.29, 1.82) is 0 Å². The number of rotatable bonds is 8. The number of ether oxygens (including phenoxy) is 1. The summed E-state index contributed by atoms with van der Waals surface area (Å²) in [5.74, 6) is -1.73. The SMILES string of the molecule is CC[C@H](C)NC(=O)C(=O)N/N=C\c1ccccc1OCC(=O)Nc1cccc(Cl)c1Cl. The molecule has 164 valence electrons. The van der Waals surface area contributed by atoms with E-state index >= 15 is 0 Å². The number of hydrazone groups is 1. The molecule has 0 heterocycles. The van der Waals surface area contributed by atoms with Crippen LogP contribution in [-0.4, -0.2) is 36.6 Å². The maximum Gasteiger partial charge on any atom is 0.329 e. The highest BCUT2D eigenvalue weighted by Gasteiger charge is 2.14. The van der Waals surface area contributed by atoms with Gasteiger partial charge in [-0.3, -0.25) is 14.4 Å². The molecule has 3 N–H and O–H groups in total. The number of benzene rings is 2. The van der Waals surface area contributed by atoms with Crippen LogP contribution in [0.5, 0.6) is 5.75 Å². The van der Waals surface area contributed by atoms with Gasteiger partial charge in [0.05, 0.1) is 21.9 Å². The zero-order valence-electron chi connectivity index (χ0n) is 16.9. The van der Waals surface area contributed by atoms with Crippen molar-refractivity contribution in [2.75, 3.05) is 11.9 Å². The van der Waals surface area contributed by atoms with E-state index in [0.717, 1.165) is 0 Å². The van der Waals surface area contributed by atoms with Crippen LogP contribution in [0.25, 0.3) is 0 Å². The molecule has 0 radical (unpaired) electrons. The van der Waals surface area contributed by atoms with Crippen LogP contribution in [0, 0.1) is 0 Å². The quantitative estimate of drug-likeness (QED) is 0.316. The zero-order valence-corrected chi connectivity index (χ0v) is 18.5. The van der Waals surface area contributed by atoms with Crippen LogP contribution >= 0.6 is 23.2 Å². The third-order valence-electron chi connectivity index (χ3n) is 4.07. The summed E-state index contributed by atoms with van der Waals surface area (Å²) in [6, 6.07) is 11.5. The standard InChI is InChI=1S/C21H22Cl2N4O4/c1-3-13(2)25-20(29)21(30)27-24-11-14-7-4-5-10-17(14)31-12-18(28)26-16-9-6-8-15(22)19(16)23/h4-11,13H,3,12H2,1-2H3,(H,25,29)(H,26,28)(H,27,30)/b24-11-/t13-/m0/s1. The highest BCUT2D eigenvalue weighted by molar-refractivity contribution is 6.44. The van der Waals surface area contributed by atoms with Crippen molar-refractivity contribution in [3.8, 4) is 5.75 Å². The lowest BCUT2D eigenvalue weighted by Crippen LogP contribution is -2.41. The fraction of sp³-hybridized carbons (Fsp3) is 0.238. The first-order chi connectivity index (χ1) is 14.8. The molecule has 2 aromatic carbocycles. The second kappa shape index (κ2) is 11.9. The molecule has 0 saturated carbocycles. The van der Waals surface area contributed by atoms with E-state index in [9.17, 15) is 14.4 Å². The first-order valence-corrected chi connectivity index (χ1v) is 10.2. The Kier molecular flexibility index (Phi) is 9.30. The Morgan fingerprint density at radius 2 is 1.84 bits per heavy atom. The van der Waals surface area contributed by atoms with Gasteiger partial charge in [0, 0.05) is 11.6 Å². The minimum absolute atomic E-state index is 0.121. The average Bonchev–Trinajstić information content (AvgIpc) is 2.76. The number of amides is 3.